The SMILES string of the molecule is Cn1ccnc1C(=O)NCCC1CCOC12CN(Cc1ccccc1)C2.O=C(O)C(F)(F)F. The van der Waals surface area contributed by atoms with Crippen molar-refractivity contribution in [1.82, 2.24) is 19.8 Å². The molecule has 3 heterocycles. The van der Waals surface area contributed by atoms with Crippen LogP contribution in [0.1, 0.15) is 29.0 Å². The molecule has 1 amide bonds. The third-order valence-corrected chi connectivity index (χ3v) is 5.88. The van der Waals surface area contributed by atoms with E-state index in [0.29, 0.717) is 18.3 Å². The number of rotatable bonds is 6. The maximum Gasteiger partial charge on any atom is 0.490 e. The molecule has 2 saturated heterocycles. The number of likely N-dealkylation sites (tertiary alicyclic amines) is 1. The Morgan fingerprint density at radius 3 is 2.52 bits per heavy atom. The first-order valence-corrected chi connectivity index (χ1v) is 10.6. The van der Waals surface area contributed by atoms with E-state index in [2.05, 4.69) is 45.5 Å². The number of hydrogen-bond donors (Lipinski definition) is 2. The number of aryl methyl sites for hydroxylation is 1. The van der Waals surface area contributed by atoms with E-state index in [1.165, 1.54) is 5.56 Å². The third-order valence-electron chi connectivity index (χ3n) is 5.88. The van der Waals surface area contributed by atoms with Crippen LogP contribution >= 0.6 is 0 Å². The highest BCUT2D eigenvalue weighted by atomic mass is 19.4. The number of carboxylic acids is 1. The summed E-state index contributed by atoms with van der Waals surface area (Å²) in [6, 6.07) is 10.6. The van der Waals surface area contributed by atoms with Crippen molar-refractivity contribution >= 4 is 11.9 Å². The van der Waals surface area contributed by atoms with Gasteiger partial charge in [0.25, 0.3) is 5.91 Å². The Balaban J connectivity index is 0.000000383. The lowest BCUT2D eigenvalue weighted by atomic mass is 9.78. The fraction of sp³-hybridized carbons (Fsp3) is 0.500. The van der Waals surface area contributed by atoms with Crippen LogP contribution in [-0.2, 0) is 23.1 Å². The highest BCUT2D eigenvalue weighted by Gasteiger charge is 2.52. The van der Waals surface area contributed by atoms with Crippen LogP contribution in [0.2, 0.25) is 0 Å². The van der Waals surface area contributed by atoms with Crippen molar-refractivity contribution in [2.45, 2.75) is 31.2 Å². The minimum Gasteiger partial charge on any atom is -0.475 e. The van der Waals surface area contributed by atoms with Gasteiger partial charge in [0.05, 0.1) is 5.60 Å². The first-order valence-electron chi connectivity index (χ1n) is 10.6. The highest BCUT2D eigenvalue weighted by molar-refractivity contribution is 5.90. The van der Waals surface area contributed by atoms with Crippen LogP contribution in [-0.4, -0.2) is 69.5 Å². The number of carbonyl (C=O) groups excluding carboxylic acids is 1. The molecule has 1 aromatic carbocycles. The monoisotopic (exact) mass is 468 g/mol. The van der Waals surface area contributed by atoms with E-state index in [-0.39, 0.29) is 11.5 Å². The smallest absolute Gasteiger partial charge is 0.475 e. The van der Waals surface area contributed by atoms with Crippen molar-refractivity contribution in [3.8, 4) is 0 Å². The maximum atomic E-state index is 12.2. The molecule has 4 rings (SSSR count). The van der Waals surface area contributed by atoms with Crippen molar-refractivity contribution in [1.29, 1.82) is 0 Å². The van der Waals surface area contributed by atoms with E-state index in [0.717, 1.165) is 39.1 Å². The number of aromatic nitrogens is 2. The summed E-state index contributed by atoms with van der Waals surface area (Å²) in [6.45, 7) is 4.45. The summed E-state index contributed by atoms with van der Waals surface area (Å²) in [7, 11) is 1.83. The van der Waals surface area contributed by atoms with Gasteiger partial charge in [-0.1, -0.05) is 30.3 Å². The van der Waals surface area contributed by atoms with E-state index in [4.69, 9.17) is 14.6 Å². The van der Waals surface area contributed by atoms with Gasteiger partial charge in [-0.3, -0.25) is 9.69 Å². The van der Waals surface area contributed by atoms with Crippen molar-refractivity contribution in [3.05, 3.63) is 54.1 Å². The molecule has 11 heteroatoms. The van der Waals surface area contributed by atoms with Gasteiger partial charge in [0.15, 0.2) is 5.82 Å². The standard InChI is InChI=1S/C20H26N4O2.C2HF3O2/c1-23-11-10-21-18(23)19(25)22-9-7-17-8-12-26-20(17)14-24(15-20)13-16-5-3-2-4-6-16;3-2(4,5)1(6)7/h2-6,10-11,17H,7-9,12-15H2,1H3,(H,22,25);(H,6,7). The van der Waals surface area contributed by atoms with Crippen molar-refractivity contribution in [2.75, 3.05) is 26.2 Å². The molecule has 33 heavy (non-hydrogen) atoms. The molecule has 2 fully saturated rings. The Morgan fingerprint density at radius 2 is 1.94 bits per heavy atom. The van der Waals surface area contributed by atoms with Crippen molar-refractivity contribution < 1.29 is 32.6 Å². The summed E-state index contributed by atoms with van der Waals surface area (Å²) in [6.07, 6.45) is 0.377. The number of ether oxygens (including phenoxy) is 1. The van der Waals surface area contributed by atoms with E-state index in [9.17, 15) is 18.0 Å². The number of halogens is 3. The predicted molar refractivity (Wildman–Crippen MR) is 112 cm³/mol. The first kappa shape index (κ1) is 24.7. The summed E-state index contributed by atoms with van der Waals surface area (Å²) >= 11 is 0. The molecule has 2 aromatic rings. The first-order chi connectivity index (χ1) is 15.6. The summed E-state index contributed by atoms with van der Waals surface area (Å²) in [5.41, 5.74) is 1.34. The molecule has 2 aliphatic heterocycles. The zero-order valence-corrected chi connectivity index (χ0v) is 18.2. The number of amides is 1. The lowest BCUT2D eigenvalue weighted by molar-refractivity contribution is -0.192. The van der Waals surface area contributed by atoms with Gasteiger partial charge in [-0.2, -0.15) is 13.2 Å². The Labute approximate surface area is 189 Å². The van der Waals surface area contributed by atoms with Crippen LogP contribution in [0.4, 0.5) is 13.2 Å². The molecule has 2 aliphatic rings. The van der Waals surface area contributed by atoms with Gasteiger partial charge < -0.3 is 19.7 Å². The minimum atomic E-state index is -5.08. The lowest BCUT2D eigenvalue weighted by Crippen LogP contribution is -2.64. The Hall–Kier alpha value is -2.92. The van der Waals surface area contributed by atoms with Gasteiger partial charge in [-0.25, -0.2) is 9.78 Å². The molecule has 0 saturated carbocycles. The number of carboxylic acid groups (broad SMARTS) is 1. The number of hydrogen-bond acceptors (Lipinski definition) is 5. The molecule has 1 spiro atoms. The van der Waals surface area contributed by atoms with Gasteiger partial charge >= 0.3 is 12.1 Å². The molecule has 1 unspecified atom stereocenters. The van der Waals surface area contributed by atoms with Gasteiger partial charge in [-0.05, 0) is 24.3 Å². The fourth-order valence-corrected chi connectivity index (χ4v) is 4.23. The largest absolute Gasteiger partial charge is 0.490 e. The van der Waals surface area contributed by atoms with Gasteiger partial charge in [0, 0.05) is 52.2 Å². The van der Waals surface area contributed by atoms with Crippen LogP contribution in [0.15, 0.2) is 42.7 Å². The van der Waals surface area contributed by atoms with Crippen LogP contribution < -0.4 is 5.32 Å². The molecule has 180 valence electrons. The summed E-state index contributed by atoms with van der Waals surface area (Å²) in [4.78, 5) is 27.6. The molecule has 0 aliphatic carbocycles. The zero-order chi connectivity index (χ0) is 24.1. The normalized spacial score (nSPS) is 19.5. The van der Waals surface area contributed by atoms with E-state index in [1.54, 1.807) is 17.0 Å². The molecule has 8 nitrogen and oxygen atoms in total. The van der Waals surface area contributed by atoms with Gasteiger partial charge in [0.2, 0.25) is 0 Å². The van der Waals surface area contributed by atoms with E-state index >= 15 is 0 Å². The lowest BCUT2D eigenvalue weighted by Gasteiger charge is -2.50. The second kappa shape index (κ2) is 10.3. The highest BCUT2D eigenvalue weighted by Crippen LogP contribution is 2.42. The summed E-state index contributed by atoms with van der Waals surface area (Å²) in [5.74, 6) is -1.89. The third kappa shape index (κ3) is 6.32. The summed E-state index contributed by atoms with van der Waals surface area (Å²) in [5, 5.41) is 10.1. The van der Waals surface area contributed by atoms with Gasteiger partial charge in [-0.15, -0.1) is 0 Å². The van der Waals surface area contributed by atoms with E-state index in [1.807, 2.05) is 7.05 Å². The molecular formula is C22H27F3N4O4. The molecule has 1 aromatic heterocycles. The quantitative estimate of drug-likeness (QED) is 0.676. The van der Waals surface area contributed by atoms with Crippen LogP contribution in [0.5, 0.6) is 0 Å². The summed E-state index contributed by atoms with van der Waals surface area (Å²) < 4.78 is 39.6. The Morgan fingerprint density at radius 1 is 1.27 bits per heavy atom. The minimum absolute atomic E-state index is 0.0112. The van der Waals surface area contributed by atoms with Crippen molar-refractivity contribution in [3.63, 3.8) is 0 Å². The average molecular weight is 468 g/mol. The Bertz CT molecular complexity index is 943. The predicted octanol–water partition coefficient (Wildman–Crippen LogP) is 2.46. The second-order valence-electron chi connectivity index (χ2n) is 8.24. The second-order valence-corrected chi connectivity index (χ2v) is 8.24. The van der Waals surface area contributed by atoms with Crippen LogP contribution in [0, 0.1) is 5.92 Å². The maximum absolute atomic E-state index is 12.2. The molecule has 0 bridgehead atoms. The van der Waals surface area contributed by atoms with Crippen LogP contribution in [0.3, 0.4) is 0 Å². The molecular weight excluding hydrogens is 441 g/mol. The number of nitrogens with zero attached hydrogens (tertiary/aromatic N) is 3. The number of nitrogens with one attached hydrogen (secondary N) is 1. The topological polar surface area (TPSA) is 96.7 Å². The molecule has 0 radical (unpaired) electrons. The number of carbonyl (C=O) groups is 2. The number of imidazole rings is 1. The Kier molecular flexibility index (Phi) is 7.75. The number of benzene rings is 1. The molecule has 1 atom stereocenters. The number of alkyl halides is 3. The van der Waals surface area contributed by atoms with E-state index < -0.39 is 12.1 Å². The molecule has 2 N–H and O–H groups in total. The zero-order valence-electron chi connectivity index (χ0n) is 18.2. The van der Waals surface area contributed by atoms with Crippen LogP contribution in [0.25, 0.3) is 0 Å². The van der Waals surface area contributed by atoms with Gasteiger partial charge in [0.1, 0.15) is 0 Å². The fourth-order valence-electron chi connectivity index (χ4n) is 4.23. The number of aliphatic carboxylic acids is 1. The average Bonchev–Trinajstić information content (AvgIpc) is 3.35. The van der Waals surface area contributed by atoms with Crippen molar-refractivity contribution in [2.24, 2.45) is 13.0 Å².